The van der Waals surface area contributed by atoms with Gasteiger partial charge in [-0.05, 0) is 44.0 Å². The highest BCUT2D eigenvalue weighted by molar-refractivity contribution is 5.92. The Bertz CT molecular complexity index is 1410. The lowest BCUT2D eigenvalue weighted by Gasteiger charge is -2.23. The number of imidazole rings is 1. The van der Waals surface area contributed by atoms with Gasteiger partial charge >= 0.3 is 12.1 Å². The van der Waals surface area contributed by atoms with Gasteiger partial charge in [0.1, 0.15) is 11.3 Å². The largest absolute Gasteiger partial charge is 0.475 e. The molecular weight excluding hydrogens is 483 g/mol. The molecule has 194 valence electrons. The summed E-state index contributed by atoms with van der Waals surface area (Å²) in [5.74, 6) is -0.642. The van der Waals surface area contributed by atoms with E-state index in [1.54, 1.807) is 0 Å². The van der Waals surface area contributed by atoms with E-state index in [0.29, 0.717) is 35.8 Å². The van der Waals surface area contributed by atoms with Crippen LogP contribution in [0.25, 0.3) is 22.6 Å². The summed E-state index contributed by atoms with van der Waals surface area (Å²) in [6, 6.07) is 12.7. The molecule has 7 nitrogen and oxygen atoms in total. The minimum absolute atomic E-state index is 0.200. The first-order valence-electron chi connectivity index (χ1n) is 12.1. The fourth-order valence-corrected chi connectivity index (χ4v) is 4.24. The number of rotatable bonds is 9. The van der Waals surface area contributed by atoms with E-state index in [1.165, 1.54) is 12.1 Å². The van der Waals surface area contributed by atoms with E-state index in [0.717, 1.165) is 36.1 Å². The molecule has 0 aliphatic carbocycles. The number of fused-ring (bicyclic) bond motifs is 1. The predicted molar refractivity (Wildman–Crippen MR) is 136 cm³/mol. The SMILES string of the molecule is CCCCN(CC)c1nc(C(=O)O)nc2nc(-c3cccc(C)c3)n(Cc3ccc(C(F)(F)F)cc3)c12. The quantitative estimate of drug-likeness (QED) is 0.288. The number of hydrogen-bond donors (Lipinski definition) is 1. The lowest BCUT2D eigenvalue weighted by molar-refractivity contribution is -0.137. The molecule has 1 N–H and O–H groups in total. The summed E-state index contributed by atoms with van der Waals surface area (Å²) in [5.41, 5.74) is 2.45. The van der Waals surface area contributed by atoms with Crippen molar-refractivity contribution in [1.82, 2.24) is 19.5 Å². The molecule has 37 heavy (non-hydrogen) atoms. The average molecular weight is 512 g/mol. The zero-order chi connectivity index (χ0) is 26.7. The van der Waals surface area contributed by atoms with Gasteiger partial charge in [-0.2, -0.15) is 13.2 Å². The van der Waals surface area contributed by atoms with Crippen molar-refractivity contribution >= 4 is 23.0 Å². The second kappa shape index (κ2) is 10.6. The molecule has 0 amide bonds. The third-order valence-corrected chi connectivity index (χ3v) is 6.14. The summed E-state index contributed by atoms with van der Waals surface area (Å²) < 4.78 is 41.2. The van der Waals surface area contributed by atoms with Crippen LogP contribution in [-0.2, 0) is 12.7 Å². The Morgan fingerprint density at radius 2 is 1.78 bits per heavy atom. The monoisotopic (exact) mass is 511 g/mol. The van der Waals surface area contributed by atoms with Gasteiger partial charge in [-0.15, -0.1) is 0 Å². The Kier molecular flexibility index (Phi) is 7.47. The molecule has 0 aliphatic rings. The molecule has 2 aromatic heterocycles. The highest BCUT2D eigenvalue weighted by atomic mass is 19.4. The number of hydrogen-bond acceptors (Lipinski definition) is 5. The maximum atomic E-state index is 13.1. The number of alkyl halides is 3. The summed E-state index contributed by atoms with van der Waals surface area (Å²) in [6.45, 7) is 7.41. The van der Waals surface area contributed by atoms with Gasteiger partial charge in [0, 0.05) is 25.2 Å². The first-order chi connectivity index (χ1) is 17.6. The number of carbonyl (C=O) groups is 1. The first-order valence-corrected chi connectivity index (χ1v) is 12.1. The minimum atomic E-state index is -4.43. The van der Waals surface area contributed by atoms with Crippen molar-refractivity contribution in [3.63, 3.8) is 0 Å². The van der Waals surface area contributed by atoms with Crippen LogP contribution in [0.4, 0.5) is 19.0 Å². The number of benzene rings is 2. The maximum Gasteiger partial charge on any atom is 0.416 e. The summed E-state index contributed by atoms with van der Waals surface area (Å²) in [5, 5.41) is 9.69. The number of nitrogens with zero attached hydrogens (tertiary/aromatic N) is 5. The maximum absolute atomic E-state index is 13.1. The number of unbranched alkanes of at least 4 members (excludes halogenated alkanes) is 1. The van der Waals surface area contributed by atoms with E-state index in [2.05, 4.69) is 16.9 Å². The molecule has 0 saturated carbocycles. The lowest BCUT2D eigenvalue weighted by atomic mass is 10.1. The van der Waals surface area contributed by atoms with E-state index in [9.17, 15) is 23.1 Å². The number of aryl methyl sites for hydroxylation is 1. The smallest absolute Gasteiger partial charge is 0.416 e. The Hall–Kier alpha value is -3.95. The van der Waals surface area contributed by atoms with E-state index in [-0.39, 0.29) is 18.0 Å². The number of aromatic nitrogens is 4. The topological polar surface area (TPSA) is 84.1 Å². The zero-order valence-electron chi connectivity index (χ0n) is 20.9. The third kappa shape index (κ3) is 5.58. The Balaban J connectivity index is 1.96. The van der Waals surface area contributed by atoms with Crippen LogP contribution in [0.5, 0.6) is 0 Å². The molecule has 0 spiro atoms. The summed E-state index contributed by atoms with van der Waals surface area (Å²) in [4.78, 5) is 27.2. The van der Waals surface area contributed by atoms with Crippen molar-refractivity contribution < 1.29 is 23.1 Å². The van der Waals surface area contributed by atoms with E-state index >= 15 is 0 Å². The second-order valence-electron chi connectivity index (χ2n) is 8.87. The number of anilines is 1. The number of halogens is 3. The van der Waals surface area contributed by atoms with E-state index in [4.69, 9.17) is 4.98 Å². The molecular formula is C27H28F3N5O2. The van der Waals surface area contributed by atoms with Crippen LogP contribution in [0.3, 0.4) is 0 Å². The van der Waals surface area contributed by atoms with Gasteiger partial charge in [-0.1, -0.05) is 49.2 Å². The Morgan fingerprint density at radius 1 is 1.05 bits per heavy atom. The van der Waals surface area contributed by atoms with Crippen LogP contribution in [0, 0.1) is 6.92 Å². The fourth-order valence-electron chi connectivity index (χ4n) is 4.24. The van der Waals surface area contributed by atoms with Crippen LogP contribution in [-0.4, -0.2) is 43.7 Å². The van der Waals surface area contributed by atoms with Crippen LogP contribution in [0.1, 0.15) is 54.0 Å². The van der Waals surface area contributed by atoms with Gasteiger partial charge in [-0.25, -0.2) is 19.7 Å². The third-order valence-electron chi connectivity index (χ3n) is 6.14. The summed E-state index contributed by atoms with van der Waals surface area (Å²) in [7, 11) is 0. The molecule has 4 rings (SSSR count). The van der Waals surface area contributed by atoms with Crippen LogP contribution in [0.15, 0.2) is 48.5 Å². The Morgan fingerprint density at radius 3 is 2.38 bits per heavy atom. The summed E-state index contributed by atoms with van der Waals surface area (Å²) in [6.07, 6.45) is -2.61. The molecule has 0 aliphatic heterocycles. The molecule has 0 bridgehead atoms. The number of aromatic carboxylic acids is 1. The van der Waals surface area contributed by atoms with Gasteiger partial charge in [0.25, 0.3) is 0 Å². The number of carboxylic acid groups (broad SMARTS) is 1. The molecule has 0 saturated heterocycles. The zero-order valence-corrected chi connectivity index (χ0v) is 20.9. The predicted octanol–water partition coefficient (Wildman–Crippen LogP) is 6.19. The Labute approximate surface area is 212 Å². The molecule has 4 aromatic rings. The van der Waals surface area contributed by atoms with Crippen molar-refractivity contribution in [2.24, 2.45) is 0 Å². The molecule has 2 aromatic carbocycles. The second-order valence-corrected chi connectivity index (χ2v) is 8.87. The van der Waals surface area contributed by atoms with Gasteiger partial charge in [0.15, 0.2) is 11.5 Å². The van der Waals surface area contributed by atoms with Crippen LogP contribution in [0.2, 0.25) is 0 Å². The average Bonchev–Trinajstić information content (AvgIpc) is 3.22. The summed E-state index contributed by atoms with van der Waals surface area (Å²) >= 11 is 0. The fraction of sp³-hybridized carbons (Fsp3) is 0.333. The van der Waals surface area contributed by atoms with E-state index in [1.807, 2.05) is 47.6 Å². The number of carboxylic acids is 1. The standard InChI is InChI=1S/C27H28F3N5O2/c1-4-6-14-34(5-2)25-21-22(31-23(33-25)26(36)37)32-24(19-9-7-8-17(3)15-19)35(21)16-18-10-12-20(13-11-18)27(28,29)30/h7-13,15H,4-6,14,16H2,1-3H3,(H,36,37). The molecule has 0 unspecified atom stereocenters. The van der Waals surface area contributed by atoms with Crippen LogP contribution >= 0.6 is 0 Å². The normalized spacial score (nSPS) is 11.7. The van der Waals surface area contributed by atoms with Crippen molar-refractivity contribution in [1.29, 1.82) is 0 Å². The minimum Gasteiger partial charge on any atom is -0.475 e. The molecule has 0 radical (unpaired) electrons. The lowest BCUT2D eigenvalue weighted by Crippen LogP contribution is -2.27. The van der Waals surface area contributed by atoms with Gasteiger partial charge in [-0.3, -0.25) is 0 Å². The molecule has 0 atom stereocenters. The van der Waals surface area contributed by atoms with Gasteiger partial charge < -0.3 is 14.6 Å². The van der Waals surface area contributed by atoms with Crippen molar-refractivity contribution in [2.45, 2.75) is 46.3 Å². The van der Waals surface area contributed by atoms with Crippen molar-refractivity contribution in [3.8, 4) is 11.4 Å². The molecule has 0 fully saturated rings. The van der Waals surface area contributed by atoms with Gasteiger partial charge in [0.2, 0.25) is 5.82 Å². The van der Waals surface area contributed by atoms with Crippen LogP contribution < -0.4 is 4.90 Å². The van der Waals surface area contributed by atoms with Crippen molar-refractivity contribution in [3.05, 3.63) is 71.0 Å². The highest BCUT2D eigenvalue weighted by Gasteiger charge is 2.30. The van der Waals surface area contributed by atoms with Gasteiger partial charge in [0.05, 0.1) is 5.56 Å². The molecule has 10 heteroatoms. The molecule has 2 heterocycles. The first kappa shape index (κ1) is 26.1. The van der Waals surface area contributed by atoms with E-state index < -0.39 is 17.7 Å². The van der Waals surface area contributed by atoms with Crippen molar-refractivity contribution in [2.75, 3.05) is 18.0 Å². The highest BCUT2D eigenvalue weighted by Crippen LogP contribution is 2.33.